The first-order valence-electron chi connectivity index (χ1n) is 5.48. The number of imide groups is 1. The molecule has 0 aliphatic rings. The molecule has 3 amide bonds. The molecule has 1 radical (unpaired) electrons. The second-order valence-electron chi connectivity index (χ2n) is 3.48. The second kappa shape index (κ2) is 7.41. The summed E-state index contributed by atoms with van der Waals surface area (Å²) in [6, 6.07) is 7.71. The van der Waals surface area contributed by atoms with Crippen LogP contribution in [0.15, 0.2) is 30.3 Å². The molecular weight excluding hydrogens is 236 g/mol. The number of benzene rings is 1. The van der Waals surface area contributed by atoms with Gasteiger partial charge in [-0.05, 0) is 12.1 Å². The van der Waals surface area contributed by atoms with E-state index in [1.54, 1.807) is 36.7 Å². The van der Waals surface area contributed by atoms with Crippen molar-refractivity contribution in [1.82, 2.24) is 4.90 Å². The Morgan fingerprint density at radius 1 is 1.11 bits per heavy atom. The van der Waals surface area contributed by atoms with E-state index in [1.165, 1.54) is 4.90 Å². The van der Waals surface area contributed by atoms with Gasteiger partial charge in [0.2, 0.25) is 0 Å². The molecular formula is C12H15N2O4. The lowest BCUT2D eigenvalue weighted by Gasteiger charge is -2.25. The maximum atomic E-state index is 12.0. The van der Waals surface area contributed by atoms with Gasteiger partial charge in [-0.25, -0.2) is 9.69 Å². The minimum Gasteiger partial charge on any atom is -0.395 e. The van der Waals surface area contributed by atoms with Crippen molar-refractivity contribution in [3.8, 4) is 0 Å². The molecule has 0 aliphatic heterocycles. The van der Waals surface area contributed by atoms with Crippen LogP contribution in [0.2, 0.25) is 0 Å². The van der Waals surface area contributed by atoms with E-state index in [0.29, 0.717) is 5.69 Å². The van der Waals surface area contributed by atoms with Crippen molar-refractivity contribution in [2.45, 2.75) is 0 Å². The van der Waals surface area contributed by atoms with Gasteiger partial charge in [0.15, 0.2) is 0 Å². The van der Waals surface area contributed by atoms with Gasteiger partial charge in [0.1, 0.15) is 0 Å². The quantitative estimate of drug-likeness (QED) is 0.695. The first-order valence-corrected chi connectivity index (χ1v) is 5.48. The average molecular weight is 251 g/mol. The number of urea groups is 1. The lowest BCUT2D eigenvalue weighted by Crippen LogP contribution is -2.45. The zero-order chi connectivity index (χ0) is 13.4. The Balaban J connectivity index is 2.86. The number of rotatable bonds is 6. The molecule has 0 aromatic heterocycles. The molecule has 0 bridgehead atoms. The second-order valence-corrected chi connectivity index (χ2v) is 3.48. The number of anilines is 1. The third-order valence-corrected chi connectivity index (χ3v) is 2.31. The normalized spacial score (nSPS) is 9.89. The third-order valence-electron chi connectivity index (χ3n) is 2.31. The van der Waals surface area contributed by atoms with Crippen LogP contribution in [0.25, 0.3) is 0 Å². The molecule has 97 valence electrons. The lowest BCUT2D eigenvalue weighted by atomic mass is 10.3. The minimum absolute atomic E-state index is 0.0460. The standard InChI is InChI=1S/C12H15N2O4/c15-8-6-13(7-9-16)12(18)14(10-17)11-4-2-1-3-5-11/h1-5,15-16H,6-9H2. The Bertz CT molecular complexity index is 377. The number of aliphatic hydroxyl groups excluding tert-OH is 2. The molecule has 1 rings (SSSR count). The summed E-state index contributed by atoms with van der Waals surface area (Å²) in [5.74, 6) is 0. The maximum Gasteiger partial charge on any atom is 0.331 e. The van der Waals surface area contributed by atoms with Gasteiger partial charge in [0, 0.05) is 13.1 Å². The van der Waals surface area contributed by atoms with Gasteiger partial charge in [0.25, 0.3) is 0 Å². The molecule has 0 heterocycles. The van der Waals surface area contributed by atoms with Crippen molar-refractivity contribution in [2.24, 2.45) is 0 Å². The van der Waals surface area contributed by atoms with Crippen LogP contribution in [0.1, 0.15) is 0 Å². The highest BCUT2D eigenvalue weighted by Crippen LogP contribution is 2.13. The SMILES string of the molecule is O=[C]N(C(=O)N(CCO)CCO)c1ccccc1. The summed E-state index contributed by atoms with van der Waals surface area (Å²) in [4.78, 5) is 24.9. The summed E-state index contributed by atoms with van der Waals surface area (Å²) in [5, 5.41) is 17.7. The number of hydrogen-bond donors (Lipinski definition) is 2. The number of nitrogens with zero attached hydrogens (tertiary/aromatic N) is 2. The van der Waals surface area contributed by atoms with Crippen LogP contribution in [0.4, 0.5) is 10.5 Å². The van der Waals surface area contributed by atoms with Gasteiger partial charge >= 0.3 is 12.4 Å². The van der Waals surface area contributed by atoms with Crippen molar-refractivity contribution < 1.29 is 19.8 Å². The number of hydrogen-bond acceptors (Lipinski definition) is 4. The van der Waals surface area contributed by atoms with Crippen LogP contribution < -0.4 is 4.90 Å². The molecule has 6 heteroatoms. The van der Waals surface area contributed by atoms with Crippen LogP contribution in [0.3, 0.4) is 0 Å². The molecule has 0 saturated carbocycles. The van der Waals surface area contributed by atoms with Crippen molar-refractivity contribution in [3.05, 3.63) is 30.3 Å². The fourth-order valence-corrected chi connectivity index (χ4v) is 1.47. The topological polar surface area (TPSA) is 81.1 Å². The highest BCUT2D eigenvalue weighted by Gasteiger charge is 2.21. The molecule has 0 fully saturated rings. The van der Waals surface area contributed by atoms with E-state index in [2.05, 4.69) is 0 Å². The molecule has 0 saturated heterocycles. The van der Waals surface area contributed by atoms with Crippen LogP contribution in [0.5, 0.6) is 0 Å². The van der Waals surface area contributed by atoms with E-state index < -0.39 is 6.03 Å². The Hall–Kier alpha value is -1.92. The van der Waals surface area contributed by atoms with Crippen LogP contribution in [-0.2, 0) is 4.79 Å². The first kappa shape index (κ1) is 14.1. The first-order chi connectivity index (χ1) is 8.74. The summed E-state index contributed by atoms with van der Waals surface area (Å²) in [5.41, 5.74) is 0.387. The van der Waals surface area contributed by atoms with Crippen LogP contribution in [0, 0.1) is 0 Å². The van der Waals surface area contributed by atoms with E-state index >= 15 is 0 Å². The fraction of sp³-hybridized carbons (Fsp3) is 0.333. The average Bonchev–Trinajstić information content (AvgIpc) is 2.40. The Morgan fingerprint density at radius 3 is 2.11 bits per heavy atom. The Kier molecular flexibility index (Phi) is 5.83. The zero-order valence-corrected chi connectivity index (χ0v) is 9.82. The van der Waals surface area contributed by atoms with Gasteiger partial charge in [0.05, 0.1) is 18.9 Å². The predicted molar refractivity (Wildman–Crippen MR) is 65.8 cm³/mol. The van der Waals surface area contributed by atoms with Gasteiger partial charge in [-0.1, -0.05) is 18.2 Å². The summed E-state index contributed by atoms with van der Waals surface area (Å²) < 4.78 is 0. The van der Waals surface area contributed by atoms with Crippen molar-refractivity contribution >= 4 is 18.1 Å². The van der Waals surface area contributed by atoms with E-state index in [4.69, 9.17) is 10.2 Å². The van der Waals surface area contributed by atoms with Gasteiger partial charge in [-0.15, -0.1) is 0 Å². The van der Waals surface area contributed by atoms with Crippen molar-refractivity contribution in [3.63, 3.8) is 0 Å². The maximum absolute atomic E-state index is 12.0. The third kappa shape index (κ3) is 3.54. The summed E-state index contributed by atoms with van der Waals surface area (Å²) in [6.45, 7) is -0.394. The molecule has 0 spiro atoms. The fourth-order valence-electron chi connectivity index (χ4n) is 1.47. The smallest absolute Gasteiger partial charge is 0.331 e. The Morgan fingerprint density at radius 2 is 1.67 bits per heavy atom. The number of aliphatic hydroxyl groups is 2. The molecule has 18 heavy (non-hydrogen) atoms. The van der Waals surface area contributed by atoms with Crippen LogP contribution >= 0.6 is 0 Å². The van der Waals surface area contributed by atoms with Crippen molar-refractivity contribution in [2.75, 3.05) is 31.2 Å². The molecule has 6 nitrogen and oxygen atoms in total. The summed E-state index contributed by atoms with van der Waals surface area (Å²) >= 11 is 0. The van der Waals surface area contributed by atoms with E-state index in [1.807, 2.05) is 0 Å². The summed E-state index contributed by atoms with van der Waals surface area (Å²) in [7, 11) is 0. The number of carbonyl (C=O) groups excluding carboxylic acids is 2. The largest absolute Gasteiger partial charge is 0.395 e. The predicted octanol–water partition coefficient (Wildman–Crippen LogP) is -0.0332. The van der Waals surface area contributed by atoms with Gasteiger partial charge in [-0.3, -0.25) is 4.79 Å². The van der Waals surface area contributed by atoms with E-state index in [9.17, 15) is 9.59 Å². The Labute approximate surface area is 105 Å². The summed E-state index contributed by atoms with van der Waals surface area (Å²) in [6.07, 6.45) is 1.54. The molecule has 1 aromatic rings. The molecule has 1 aromatic carbocycles. The highest BCUT2D eigenvalue weighted by molar-refractivity contribution is 6.06. The van der Waals surface area contributed by atoms with Crippen LogP contribution in [-0.4, -0.2) is 53.9 Å². The molecule has 0 atom stereocenters. The van der Waals surface area contributed by atoms with E-state index in [-0.39, 0.29) is 26.3 Å². The molecule has 2 N–H and O–H groups in total. The number of para-hydroxylation sites is 1. The van der Waals surface area contributed by atoms with Gasteiger partial charge in [-0.2, -0.15) is 0 Å². The lowest BCUT2D eigenvalue weighted by molar-refractivity contribution is 0.165. The number of carbonyl (C=O) groups is 1. The zero-order valence-electron chi connectivity index (χ0n) is 9.82. The highest BCUT2D eigenvalue weighted by atomic mass is 16.3. The van der Waals surface area contributed by atoms with E-state index in [0.717, 1.165) is 4.90 Å². The molecule has 0 unspecified atom stereocenters. The van der Waals surface area contributed by atoms with Gasteiger partial charge < -0.3 is 15.1 Å². The molecule has 0 aliphatic carbocycles. The monoisotopic (exact) mass is 251 g/mol. The number of amides is 3. The van der Waals surface area contributed by atoms with Crippen molar-refractivity contribution in [1.29, 1.82) is 0 Å². The minimum atomic E-state index is -0.626.